The van der Waals surface area contributed by atoms with Crippen molar-refractivity contribution in [2.45, 2.75) is 51.5 Å². The van der Waals surface area contributed by atoms with Crippen LogP contribution in [0.3, 0.4) is 0 Å². The fourth-order valence-corrected chi connectivity index (χ4v) is 4.07. The largest absolute Gasteiger partial charge is 0.344 e. The standard InChI is InChI=1S/C21H29N5O4/c1-14-8-7-9-16(15(14)2)22-17(27)12-25(3)13-18(28)24-26-19(29)21(23-20(26)30)10-5-4-6-11-21/h7-9H,4-6,10-13H2,1-3H3,(H,22,27)(H,23,30)(H,24,28)/p+1. The first-order valence-corrected chi connectivity index (χ1v) is 10.4. The van der Waals surface area contributed by atoms with Gasteiger partial charge in [-0.15, -0.1) is 0 Å². The predicted molar refractivity (Wildman–Crippen MR) is 111 cm³/mol. The minimum absolute atomic E-state index is 0.0513. The van der Waals surface area contributed by atoms with Crippen LogP contribution in [-0.2, 0) is 14.4 Å². The molecule has 1 saturated carbocycles. The molecule has 162 valence electrons. The molecule has 2 aliphatic rings. The Hall–Kier alpha value is -2.94. The lowest BCUT2D eigenvalue weighted by Crippen LogP contribution is -3.11. The zero-order chi connectivity index (χ0) is 21.9. The molecule has 1 heterocycles. The summed E-state index contributed by atoms with van der Waals surface area (Å²) >= 11 is 0. The third-order valence-corrected chi connectivity index (χ3v) is 5.91. The summed E-state index contributed by atoms with van der Waals surface area (Å²) in [4.78, 5) is 50.3. The third-order valence-electron chi connectivity index (χ3n) is 5.91. The van der Waals surface area contributed by atoms with E-state index in [0.717, 1.165) is 41.1 Å². The second kappa shape index (κ2) is 8.83. The molecule has 1 aliphatic carbocycles. The highest BCUT2D eigenvalue weighted by atomic mass is 16.2. The number of amides is 5. The number of nitrogens with zero attached hydrogens (tertiary/aromatic N) is 1. The van der Waals surface area contributed by atoms with Crippen molar-refractivity contribution in [1.29, 1.82) is 0 Å². The number of hydrogen-bond donors (Lipinski definition) is 4. The molecule has 1 aromatic rings. The first-order chi connectivity index (χ1) is 14.2. The summed E-state index contributed by atoms with van der Waals surface area (Å²) in [6.45, 7) is 3.93. The van der Waals surface area contributed by atoms with Gasteiger partial charge in [0.05, 0.1) is 7.05 Å². The summed E-state index contributed by atoms with van der Waals surface area (Å²) in [7, 11) is 1.71. The van der Waals surface area contributed by atoms with Gasteiger partial charge in [-0.1, -0.05) is 31.4 Å². The van der Waals surface area contributed by atoms with E-state index in [4.69, 9.17) is 0 Å². The summed E-state index contributed by atoms with van der Waals surface area (Å²) in [6, 6.07) is 5.08. The first kappa shape index (κ1) is 21.8. The SMILES string of the molecule is Cc1cccc(NC(=O)C[NH+](C)CC(=O)NN2C(=O)NC3(CCCCC3)C2=O)c1C. The molecule has 5 amide bonds. The summed E-state index contributed by atoms with van der Waals surface area (Å²) < 4.78 is 0. The van der Waals surface area contributed by atoms with Gasteiger partial charge < -0.3 is 15.5 Å². The van der Waals surface area contributed by atoms with Crippen LogP contribution in [0.2, 0.25) is 0 Å². The van der Waals surface area contributed by atoms with E-state index in [1.165, 1.54) is 0 Å². The van der Waals surface area contributed by atoms with Crippen molar-refractivity contribution < 1.29 is 24.1 Å². The Kier molecular flexibility index (Phi) is 6.40. The van der Waals surface area contributed by atoms with Crippen LogP contribution in [-0.4, -0.2) is 54.4 Å². The summed E-state index contributed by atoms with van der Waals surface area (Å²) in [5.74, 6) is -1.11. The second-order valence-electron chi connectivity index (χ2n) is 8.35. The van der Waals surface area contributed by atoms with E-state index in [9.17, 15) is 19.2 Å². The van der Waals surface area contributed by atoms with Crippen molar-refractivity contribution >= 4 is 29.4 Å². The molecule has 9 heteroatoms. The lowest BCUT2D eigenvalue weighted by atomic mass is 9.82. The zero-order valence-electron chi connectivity index (χ0n) is 17.8. The molecule has 1 aromatic carbocycles. The number of quaternary nitrogens is 1. The van der Waals surface area contributed by atoms with E-state index in [1.807, 2.05) is 32.0 Å². The lowest BCUT2D eigenvalue weighted by molar-refractivity contribution is -0.862. The molecule has 1 unspecified atom stereocenters. The Labute approximate surface area is 176 Å². The van der Waals surface area contributed by atoms with Crippen LogP contribution < -0.4 is 21.0 Å². The molecule has 1 spiro atoms. The van der Waals surface area contributed by atoms with Crippen molar-refractivity contribution in [3.8, 4) is 0 Å². The number of rotatable bonds is 6. The third kappa shape index (κ3) is 4.62. The van der Waals surface area contributed by atoms with Gasteiger partial charge in [0.15, 0.2) is 13.1 Å². The Bertz CT molecular complexity index is 863. The Morgan fingerprint density at radius 2 is 1.77 bits per heavy atom. The van der Waals surface area contributed by atoms with Crippen molar-refractivity contribution in [3.63, 3.8) is 0 Å². The van der Waals surface area contributed by atoms with Crippen molar-refractivity contribution in [2.24, 2.45) is 0 Å². The number of carbonyl (C=O) groups is 4. The average Bonchev–Trinajstić information content (AvgIpc) is 2.89. The molecule has 0 aromatic heterocycles. The van der Waals surface area contributed by atoms with Crippen LogP contribution in [0.1, 0.15) is 43.2 Å². The van der Waals surface area contributed by atoms with Crippen LogP contribution in [0.15, 0.2) is 18.2 Å². The number of urea groups is 1. The van der Waals surface area contributed by atoms with E-state index >= 15 is 0 Å². The summed E-state index contributed by atoms with van der Waals surface area (Å²) in [6.07, 6.45) is 3.96. The monoisotopic (exact) mass is 416 g/mol. The highest BCUT2D eigenvalue weighted by Gasteiger charge is 2.52. The summed E-state index contributed by atoms with van der Waals surface area (Å²) in [5.41, 5.74) is 4.34. The first-order valence-electron chi connectivity index (χ1n) is 10.4. The van der Waals surface area contributed by atoms with Crippen LogP contribution in [0.25, 0.3) is 0 Å². The van der Waals surface area contributed by atoms with E-state index in [0.29, 0.717) is 17.7 Å². The number of hydrazine groups is 1. The predicted octanol–water partition coefficient (Wildman–Crippen LogP) is 0.0425. The van der Waals surface area contributed by atoms with E-state index in [1.54, 1.807) is 7.05 Å². The van der Waals surface area contributed by atoms with Crippen LogP contribution in [0, 0.1) is 13.8 Å². The maximum Gasteiger partial charge on any atom is 0.344 e. The number of carbonyl (C=O) groups excluding carboxylic acids is 4. The molecule has 3 rings (SSSR count). The normalized spacial score (nSPS) is 18.8. The van der Waals surface area contributed by atoms with Crippen molar-refractivity contribution in [1.82, 2.24) is 15.8 Å². The molecule has 4 N–H and O–H groups in total. The molecule has 0 bridgehead atoms. The number of imide groups is 1. The fourth-order valence-electron chi connectivity index (χ4n) is 4.07. The number of likely N-dealkylation sites (N-methyl/N-ethyl adjacent to an activating group) is 1. The van der Waals surface area contributed by atoms with Crippen LogP contribution >= 0.6 is 0 Å². The van der Waals surface area contributed by atoms with Gasteiger partial charge in [-0.2, -0.15) is 5.01 Å². The maximum atomic E-state index is 12.7. The van der Waals surface area contributed by atoms with Gasteiger partial charge in [0.1, 0.15) is 5.54 Å². The average molecular weight is 417 g/mol. The molecular weight excluding hydrogens is 386 g/mol. The highest BCUT2D eigenvalue weighted by molar-refractivity contribution is 6.08. The van der Waals surface area contributed by atoms with Gasteiger partial charge in [-0.25, -0.2) is 4.79 Å². The minimum Gasteiger partial charge on any atom is -0.322 e. The quantitative estimate of drug-likeness (QED) is 0.491. The molecule has 9 nitrogen and oxygen atoms in total. The number of aryl methyl sites for hydroxylation is 1. The van der Waals surface area contributed by atoms with E-state index < -0.39 is 23.4 Å². The van der Waals surface area contributed by atoms with Crippen molar-refractivity contribution in [3.05, 3.63) is 29.3 Å². The van der Waals surface area contributed by atoms with Gasteiger partial charge in [-0.05, 0) is 43.9 Å². The van der Waals surface area contributed by atoms with Gasteiger partial charge >= 0.3 is 6.03 Å². The topological polar surface area (TPSA) is 112 Å². The highest BCUT2D eigenvalue weighted by Crippen LogP contribution is 2.32. The zero-order valence-corrected chi connectivity index (χ0v) is 17.8. The van der Waals surface area contributed by atoms with Gasteiger partial charge in [0.2, 0.25) is 0 Å². The van der Waals surface area contributed by atoms with E-state index in [2.05, 4.69) is 16.1 Å². The molecule has 2 fully saturated rings. The molecule has 0 radical (unpaired) electrons. The molecule has 1 atom stereocenters. The fraction of sp³-hybridized carbons (Fsp3) is 0.524. The molecule has 30 heavy (non-hydrogen) atoms. The second-order valence-corrected chi connectivity index (χ2v) is 8.35. The molecular formula is C21H30N5O4+. The number of hydrogen-bond acceptors (Lipinski definition) is 4. The lowest BCUT2D eigenvalue weighted by Gasteiger charge is -2.30. The van der Waals surface area contributed by atoms with Gasteiger partial charge in [-0.3, -0.25) is 19.8 Å². The molecule has 1 saturated heterocycles. The van der Waals surface area contributed by atoms with Crippen LogP contribution in [0.4, 0.5) is 10.5 Å². The minimum atomic E-state index is -0.882. The maximum absolute atomic E-state index is 12.7. The van der Waals surface area contributed by atoms with Gasteiger partial charge in [0, 0.05) is 5.69 Å². The Morgan fingerprint density at radius 3 is 2.47 bits per heavy atom. The number of anilines is 1. The summed E-state index contributed by atoms with van der Waals surface area (Å²) in [5, 5.41) is 6.40. The van der Waals surface area contributed by atoms with Crippen molar-refractivity contribution in [2.75, 3.05) is 25.5 Å². The molecule has 1 aliphatic heterocycles. The smallest absolute Gasteiger partial charge is 0.322 e. The number of nitrogens with one attached hydrogen (secondary N) is 4. The van der Waals surface area contributed by atoms with Crippen LogP contribution in [0.5, 0.6) is 0 Å². The Balaban J connectivity index is 1.51. The van der Waals surface area contributed by atoms with Gasteiger partial charge in [0.25, 0.3) is 17.7 Å². The number of benzene rings is 1. The van der Waals surface area contributed by atoms with E-state index in [-0.39, 0.29) is 19.0 Å². The Morgan fingerprint density at radius 1 is 1.10 bits per heavy atom.